The summed E-state index contributed by atoms with van der Waals surface area (Å²) in [7, 11) is 0. The number of ether oxygens (including phenoxy) is 1. The van der Waals surface area contributed by atoms with Gasteiger partial charge in [-0.25, -0.2) is 0 Å². The van der Waals surface area contributed by atoms with Crippen LogP contribution in [-0.2, 0) is 14.3 Å². The summed E-state index contributed by atoms with van der Waals surface area (Å²) in [6.45, 7) is 6.04. The first kappa shape index (κ1) is 13.4. The van der Waals surface area contributed by atoms with Crippen molar-refractivity contribution in [1.29, 1.82) is 0 Å². The Bertz CT molecular complexity index is 202. The molecule has 0 bridgehead atoms. The highest BCUT2D eigenvalue weighted by Gasteiger charge is 2.21. The predicted octanol–water partition coefficient (Wildman–Crippen LogP) is 2.37. The van der Waals surface area contributed by atoms with E-state index in [1.165, 1.54) is 0 Å². The van der Waals surface area contributed by atoms with E-state index >= 15 is 0 Å². The van der Waals surface area contributed by atoms with Crippen LogP contribution in [0.2, 0.25) is 0 Å². The molecule has 0 heterocycles. The molecule has 0 amide bonds. The summed E-state index contributed by atoms with van der Waals surface area (Å²) in [5.74, 6) is -0.417. The third-order valence-electron chi connectivity index (χ3n) is 1.80. The fourth-order valence-corrected chi connectivity index (χ4v) is 1.41. The minimum absolute atomic E-state index is 0.0916. The first-order valence-corrected chi connectivity index (χ1v) is 5.20. The molecule has 0 saturated carbocycles. The van der Waals surface area contributed by atoms with Gasteiger partial charge in [0.25, 0.3) is 0 Å². The number of carbonyl (C=O) groups excluding carboxylic acids is 2. The second-order valence-electron chi connectivity index (χ2n) is 3.64. The van der Waals surface area contributed by atoms with Gasteiger partial charge in [0.1, 0.15) is 0 Å². The quantitative estimate of drug-likeness (QED) is 0.510. The van der Waals surface area contributed by atoms with E-state index in [-0.39, 0.29) is 12.4 Å². The lowest BCUT2D eigenvalue weighted by Gasteiger charge is -2.13. The van der Waals surface area contributed by atoms with Gasteiger partial charge in [0, 0.05) is 5.92 Å². The lowest BCUT2D eigenvalue weighted by molar-refractivity contribution is -0.145. The van der Waals surface area contributed by atoms with Gasteiger partial charge < -0.3 is 4.74 Å². The van der Waals surface area contributed by atoms with E-state index in [9.17, 15) is 9.59 Å². The topological polar surface area (TPSA) is 43.4 Å². The highest BCUT2D eigenvalue weighted by molar-refractivity contribution is 6.64. The van der Waals surface area contributed by atoms with Crippen LogP contribution in [-0.4, -0.2) is 17.8 Å². The summed E-state index contributed by atoms with van der Waals surface area (Å²) >= 11 is 5.39. The van der Waals surface area contributed by atoms with Gasteiger partial charge in [0.2, 0.25) is 5.24 Å². The molecule has 0 saturated heterocycles. The van der Waals surface area contributed by atoms with Crippen molar-refractivity contribution in [2.24, 2.45) is 11.8 Å². The average molecular weight is 221 g/mol. The van der Waals surface area contributed by atoms with Gasteiger partial charge in [-0.05, 0) is 30.9 Å². The Labute approximate surface area is 89.8 Å². The van der Waals surface area contributed by atoms with Crippen LogP contribution < -0.4 is 0 Å². The molecule has 0 fully saturated rings. The van der Waals surface area contributed by atoms with Crippen molar-refractivity contribution in [3.8, 4) is 0 Å². The van der Waals surface area contributed by atoms with Gasteiger partial charge >= 0.3 is 5.97 Å². The van der Waals surface area contributed by atoms with Crippen LogP contribution in [0.25, 0.3) is 0 Å². The fourth-order valence-electron chi connectivity index (χ4n) is 1.25. The monoisotopic (exact) mass is 220 g/mol. The van der Waals surface area contributed by atoms with E-state index in [0.717, 1.165) is 0 Å². The molecule has 0 radical (unpaired) electrons. The molecule has 0 aliphatic carbocycles. The zero-order chi connectivity index (χ0) is 11.1. The van der Waals surface area contributed by atoms with Crippen molar-refractivity contribution >= 4 is 22.8 Å². The van der Waals surface area contributed by atoms with Gasteiger partial charge in [-0.3, -0.25) is 9.59 Å². The normalized spacial score (nSPS) is 12.6. The molecule has 0 aliphatic heterocycles. The SMILES string of the molecule is CCOC(=O)C[C@@H](CC(C)C)C(=O)Cl. The molecule has 0 unspecified atom stereocenters. The maximum Gasteiger partial charge on any atom is 0.306 e. The summed E-state index contributed by atoms with van der Waals surface area (Å²) in [6, 6.07) is 0. The Morgan fingerprint density at radius 1 is 1.36 bits per heavy atom. The number of carbonyl (C=O) groups is 2. The maximum atomic E-state index is 11.1. The van der Waals surface area contributed by atoms with E-state index in [4.69, 9.17) is 16.3 Å². The van der Waals surface area contributed by atoms with E-state index < -0.39 is 11.2 Å². The van der Waals surface area contributed by atoms with Gasteiger partial charge in [0.15, 0.2) is 0 Å². The number of hydrogen-bond acceptors (Lipinski definition) is 3. The number of rotatable bonds is 6. The Morgan fingerprint density at radius 2 is 1.93 bits per heavy atom. The van der Waals surface area contributed by atoms with Crippen LogP contribution in [0.15, 0.2) is 0 Å². The number of esters is 1. The first-order valence-electron chi connectivity index (χ1n) is 4.82. The Kier molecular flexibility index (Phi) is 6.54. The summed E-state index contributed by atoms with van der Waals surface area (Å²) in [5.41, 5.74) is 0. The summed E-state index contributed by atoms with van der Waals surface area (Å²) < 4.78 is 4.75. The second-order valence-corrected chi connectivity index (χ2v) is 4.01. The minimum atomic E-state index is -0.452. The zero-order valence-electron chi connectivity index (χ0n) is 8.88. The number of halogens is 1. The average Bonchev–Trinajstić information content (AvgIpc) is 2.02. The standard InChI is InChI=1S/C10H17ClO3/c1-4-14-9(12)6-8(10(11)13)5-7(2)3/h7-8H,4-6H2,1-3H3/t8-/m1/s1. The van der Waals surface area contributed by atoms with Crippen molar-refractivity contribution in [2.45, 2.75) is 33.6 Å². The molecule has 82 valence electrons. The highest BCUT2D eigenvalue weighted by atomic mass is 35.5. The molecule has 0 N–H and O–H groups in total. The molecule has 1 atom stereocenters. The van der Waals surface area contributed by atoms with Crippen LogP contribution >= 0.6 is 11.6 Å². The van der Waals surface area contributed by atoms with Gasteiger partial charge in [-0.1, -0.05) is 13.8 Å². The second kappa shape index (κ2) is 6.82. The predicted molar refractivity (Wildman–Crippen MR) is 55.1 cm³/mol. The van der Waals surface area contributed by atoms with Crippen LogP contribution in [0.1, 0.15) is 33.6 Å². The van der Waals surface area contributed by atoms with Crippen LogP contribution in [0, 0.1) is 11.8 Å². The highest BCUT2D eigenvalue weighted by Crippen LogP contribution is 2.18. The van der Waals surface area contributed by atoms with Gasteiger partial charge in [0.05, 0.1) is 13.0 Å². The third-order valence-corrected chi connectivity index (χ3v) is 2.10. The Morgan fingerprint density at radius 3 is 2.29 bits per heavy atom. The van der Waals surface area contributed by atoms with E-state index in [0.29, 0.717) is 18.9 Å². The molecule has 0 aromatic carbocycles. The van der Waals surface area contributed by atoms with Crippen molar-refractivity contribution in [3.63, 3.8) is 0 Å². The van der Waals surface area contributed by atoms with Crippen LogP contribution in [0.4, 0.5) is 0 Å². The molecule has 0 rings (SSSR count). The van der Waals surface area contributed by atoms with Crippen molar-refractivity contribution < 1.29 is 14.3 Å². The molecular weight excluding hydrogens is 204 g/mol. The lowest BCUT2D eigenvalue weighted by atomic mass is 9.95. The fraction of sp³-hybridized carbons (Fsp3) is 0.800. The Hall–Kier alpha value is -0.570. The Balaban J connectivity index is 4.09. The molecule has 14 heavy (non-hydrogen) atoms. The summed E-state index contributed by atoms with van der Waals surface area (Å²) in [4.78, 5) is 22.1. The molecule has 0 spiro atoms. The summed E-state index contributed by atoms with van der Waals surface area (Å²) in [6.07, 6.45) is 0.718. The number of hydrogen-bond donors (Lipinski definition) is 0. The van der Waals surface area contributed by atoms with E-state index in [1.807, 2.05) is 13.8 Å². The molecule has 3 nitrogen and oxygen atoms in total. The van der Waals surface area contributed by atoms with Crippen LogP contribution in [0.5, 0.6) is 0 Å². The molecule has 0 aromatic heterocycles. The van der Waals surface area contributed by atoms with Crippen molar-refractivity contribution in [1.82, 2.24) is 0 Å². The lowest BCUT2D eigenvalue weighted by Crippen LogP contribution is -2.18. The summed E-state index contributed by atoms with van der Waals surface area (Å²) in [5, 5.41) is -0.452. The third kappa shape index (κ3) is 5.97. The minimum Gasteiger partial charge on any atom is -0.466 e. The smallest absolute Gasteiger partial charge is 0.306 e. The maximum absolute atomic E-state index is 11.1. The van der Waals surface area contributed by atoms with E-state index in [1.54, 1.807) is 6.92 Å². The molecule has 0 aromatic rings. The van der Waals surface area contributed by atoms with Gasteiger partial charge in [-0.15, -0.1) is 0 Å². The van der Waals surface area contributed by atoms with E-state index in [2.05, 4.69) is 0 Å². The molecule has 0 aliphatic rings. The van der Waals surface area contributed by atoms with Crippen molar-refractivity contribution in [2.75, 3.05) is 6.61 Å². The first-order chi connectivity index (χ1) is 6.47. The largest absolute Gasteiger partial charge is 0.466 e. The van der Waals surface area contributed by atoms with Crippen LogP contribution in [0.3, 0.4) is 0 Å². The van der Waals surface area contributed by atoms with Gasteiger partial charge in [-0.2, -0.15) is 0 Å². The molecule has 4 heteroatoms. The molecular formula is C10H17ClO3. The zero-order valence-corrected chi connectivity index (χ0v) is 9.63. The van der Waals surface area contributed by atoms with Crippen molar-refractivity contribution in [3.05, 3.63) is 0 Å².